The molecule has 2 saturated heterocycles. The van der Waals surface area contributed by atoms with Crippen LogP contribution in [0, 0.1) is 0 Å². The Labute approximate surface area is 197 Å². The fourth-order valence-electron chi connectivity index (χ4n) is 4.19. The van der Waals surface area contributed by atoms with Crippen LogP contribution in [0.3, 0.4) is 0 Å². The Kier molecular flexibility index (Phi) is 9.74. The molecule has 0 unspecified atom stereocenters. The molecule has 2 aliphatic rings. The van der Waals surface area contributed by atoms with Crippen molar-refractivity contribution in [2.24, 2.45) is 0 Å². The Hall–Kier alpha value is -1.70. The van der Waals surface area contributed by atoms with Crippen molar-refractivity contribution in [1.29, 1.82) is 0 Å². The molecule has 10 nitrogen and oxygen atoms in total. The fourth-order valence-corrected chi connectivity index (χ4v) is 4.19. The molecule has 2 fully saturated rings. The van der Waals surface area contributed by atoms with Crippen LogP contribution in [0.5, 0.6) is 0 Å². The molecule has 0 aliphatic carbocycles. The first-order valence-electron chi connectivity index (χ1n) is 11.3. The molecule has 8 N–H and O–H groups in total. The molecule has 0 saturated carbocycles. The monoisotopic (exact) mass is 482 g/mol. The Balaban J connectivity index is 1.56. The van der Waals surface area contributed by atoms with Gasteiger partial charge in [-0.3, -0.25) is 0 Å². The summed E-state index contributed by atoms with van der Waals surface area (Å²) in [5, 5.41) is 78.3. The van der Waals surface area contributed by atoms with Crippen molar-refractivity contribution < 1.29 is 50.3 Å². The molecule has 1 aromatic carbocycles. The number of aliphatic hydroxyl groups is 8. The highest BCUT2D eigenvalue weighted by Crippen LogP contribution is 2.25. The van der Waals surface area contributed by atoms with Crippen LogP contribution in [-0.2, 0) is 9.47 Å². The molecule has 190 valence electrons. The van der Waals surface area contributed by atoms with E-state index in [4.69, 9.17) is 9.47 Å². The summed E-state index contributed by atoms with van der Waals surface area (Å²) in [5.74, 6) is 0. The van der Waals surface area contributed by atoms with E-state index >= 15 is 0 Å². The zero-order valence-electron chi connectivity index (χ0n) is 18.6. The SMILES string of the molecule is OC[C@H]1O[C@H](C/C=C/c2cccc(/C=C/C[C@H]3O[C@H](CO)[C@@H](O)[C@H](O)[C@@H]3O)c2)[C@@H](O)[C@H](O)[C@@H]1O. The topological polar surface area (TPSA) is 180 Å². The molecule has 0 radical (unpaired) electrons. The summed E-state index contributed by atoms with van der Waals surface area (Å²) >= 11 is 0. The van der Waals surface area contributed by atoms with Gasteiger partial charge in [-0.2, -0.15) is 0 Å². The average Bonchev–Trinajstić information content (AvgIpc) is 2.84. The van der Waals surface area contributed by atoms with Crippen molar-refractivity contribution >= 4 is 12.2 Å². The van der Waals surface area contributed by atoms with Gasteiger partial charge in [0.25, 0.3) is 0 Å². The van der Waals surface area contributed by atoms with Crippen LogP contribution in [0.25, 0.3) is 12.2 Å². The van der Waals surface area contributed by atoms with Gasteiger partial charge in [0.05, 0.1) is 25.4 Å². The number of hydrogen-bond acceptors (Lipinski definition) is 10. The van der Waals surface area contributed by atoms with Gasteiger partial charge in [-0.05, 0) is 30.0 Å². The number of hydrogen-bond donors (Lipinski definition) is 8. The Morgan fingerprint density at radius 2 is 0.971 bits per heavy atom. The molecule has 0 amide bonds. The van der Waals surface area contributed by atoms with E-state index in [1.165, 1.54) is 0 Å². The molecule has 10 atom stereocenters. The van der Waals surface area contributed by atoms with Crippen molar-refractivity contribution in [1.82, 2.24) is 0 Å². The summed E-state index contributed by atoms with van der Waals surface area (Å²) in [6.07, 6.45) is -3.85. The number of rotatable bonds is 8. The molecular weight excluding hydrogens is 448 g/mol. The van der Waals surface area contributed by atoms with Crippen molar-refractivity contribution in [3.63, 3.8) is 0 Å². The molecule has 3 rings (SSSR count). The summed E-state index contributed by atoms with van der Waals surface area (Å²) in [4.78, 5) is 0. The summed E-state index contributed by atoms with van der Waals surface area (Å²) in [5.41, 5.74) is 1.72. The van der Waals surface area contributed by atoms with Gasteiger partial charge in [0, 0.05) is 0 Å². The van der Waals surface area contributed by atoms with Gasteiger partial charge in [-0.15, -0.1) is 0 Å². The smallest absolute Gasteiger partial charge is 0.111 e. The third-order valence-corrected chi connectivity index (χ3v) is 6.25. The first kappa shape index (κ1) is 26.9. The molecule has 1 aromatic rings. The highest BCUT2D eigenvalue weighted by Gasteiger charge is 2.43. The standard InChI is InChI=1S/C24H34O10/c25-11-17-21(29)23(31)19(27)15(33-17)8-2-6-13-4-1-5-14(10-13)7-3-9-16-20(28)24(32)22(30)18(12-26)34-16/h1-7,10,15-32H,8-9,11-12H2/b6-2+,7-3+/t15-,16-,17-,18-,19-,20-,21-,22-,23-,24+/m1/s1. The van der Waals surface area contributed by atoms with Crippen LogP contribution in [0.15, 0.2) is 36.4 Å². The van der Waals surface area contributed by atoms with Crippen LogP contribution in [0.4, 0.5) is 0 Å². The second-order valence-corrected chi connectivity index (χ2v) is 8.68. The zero-order chi connectivity index (χ0) is 24.8. The molecule has 10 heteroatoms. The van der Waals surface area contributed by atoms with Gasteiger partial charge < -0.3 is 50.3 Å². The third-order valence-electron chi connectivity index (χ3n) is 6.25. The normalized spacial score (nSPS) is 39.2. The second kappa shape index (κ2) is 12.3. The van der Waals surface area contributed by atoms with E-state index in [9.17, 15) is 40.9 Å². The van der Waals surface area contributed by atoms with Crippen LogP contribution >= 0.6 is 0 Å². The number of benzene rings is 1. The molecule has 2 aliphatic heterocycles. The molecule has 0 bridgehead atoms. The lowest BCUT2D eigenvalue weighted by Gasteiger charge is -2.39. The van der Waals surface area contributed by atoms with Crippen LogP contribution in [0.1, 0.15) is 24.0 Å². The largest absolute Gasteiger partial charge is 0.394 e. The maximum absolute atomic E-state index is 10.1. The van der Waals surface area contributed by atoms with E-state index in [1.807, 2.05) is 36.4 Å². The first-order chi connectivity index (χ1) is 16.3. The summed E-state index contributed by atoms with van der Waals surface area (Å²) < 4.78 is 11.0. The van der Waals surface area contributed by atoms with Crippen molar-refractivity contribution in [2.45, 2.75) is 73.9 Å². The lowest BCUT2D eigenvalue weighted by molar-refractivity contribution is -0.227. The van der Waals surface area contributed by atoms with Gasteiger partial charge in [-0.1, -0.05) is 42.5 Å². The summed E-state index contributed by atoms with van der Waals surface area (Å²) in [6.45, 7) is -0.939. The van der Waals surface area contributed by atoms with E-state index in [-0.39, 0.29) is 12.8 Å². The fraction of sp³-hybridized carbons (Fsp3) is 0.583. The van der Waals surface area contributed by atoms with Crippen LogP contribution in [-0.4, -0.2) is 115 Å². The van der Waals surface area contributed by atoms with E-state index in [0.717, 1.165) is 11.1 Å². The summed E-state index contributed by atoms with van der Waals surface area (Å²) in [7, 11) is 0. The Morgan fingerprint density at radius 1 is 0.588 bits per heavy atom. The third kappa shape index (κ3) is 6.29. The van der Waals surface area contributed by atoms with Gasteiger partial charge in [0.15, 0.2) is 0 Å². The minimum Gasteiger partial charge on any atom is -0.394 e. The molecular formula is C24H34O10. The van der Waals surface area contributed by atoms with Crippen LogP contribution in [0.2, 0.25) is 0 Å². The lowest BCUT2D eigenvalue weighted by atomic mass is 9.93. The predicted molar refractivity (Wildman–Crippen MR) is 121 cm³/mol. The molecule has 2 heterocycles. The van der Waals surface area contributed by atoms with E-state index in [2.05, 4.69) is 0 Å². The zero-order valence-corrected chi connectivity index (χ0v) is 18.6. The number of aliphatic hydroxyl groups excluding tert-OH is 8. The average molecular weight is 483 g/mol. The Morgan fingerprint density at radius 3 is 1.35 bits per heavy atom. The van der Waals surface area contributed by atoms with Crippen molar-refractivity contribution in [3.8, 4) is 0 Å². The molecule has 0 aromatic heterocycles. The van der Waals surface area contributed by atoms with E-state index < -0.39 is 74.3 Å². The quantitative estimate of drug-likeness (QED) is 0.210. The maximum Gasteiger partial charge on any atom is 0.111 e. The minimum atomic E-state index is -1.40. The molecule has 0 spiro atoms. The van der Waals surface area contributed by atoms with E-state index in [1.54, 1.807) is 12.2 Å². The lowest BCUT2D eigenvalue weighted by Crippen LogP contribution is -2.58. The highest BCUT2D eigenvalue weighted by molar-refractivity contribution is 5.57. The van der Waals surface area contributed by atoms with E-state index in [0.29, 0.717) is 0 Å². The minimum absolute atomic E-state index is 0.263. The maximum atomic E-state index is 10.1. The molecule has 34 heavy (non-hydrogen) atoms. The van der Waals surface area contributed by atoms with Crippen molar-refractivity contribution in [2.75, 3.05) is 13.2 Å². The number of ether oxygens (including phenoxy) is 2. The van der Waals surface area contributed by atoms with Gasteiger partial charge in [-0.25, -0.2) is 0 Å². The van der Waals surface area contributed by atoms with Gasteiger partial charge >= 0.3 is 0 Å². The Bertz CT molecular complexity index is 762. The summed E-state index contributed by atoms with van der Waals surface area (Å²) in [6, 6.07) is 7.49. The van der Waals surface area contributed by atoms with Gasteiger partial charge in [0.2, 0.25) is 0 Å². The van der Waals surface area contributed by atoms with Crippen molar-refractivity contribution in [3.05, 3.63) is 47.5 Å². The first-order valence-corrected chi connectivity index (χ1v) is 11.3. The second-order valence-electron chi connectivity index (χ2n) is 8.68. The predicted octanol–water partition coefficient (Wildman–Crippen LogP) is -1.82. The highest BCUT2D eigenvalue weighted by atomic mass is 16.5. The van der Waals surface area contributed by atoms with Gasteiger partial charge in [0.1, 0.15) is 48.8 Å². The van der Waals surface area contributed by atoms with Crippen LogP contribution < -0.4 is 0 Å².